The maximum Gasteiger partial charge on any atom is 0.330 e. The Morgan fingerprint density at radius 1 is 0.878 bits per heavy atom. The van der Waals surface area contributed by atoms with Crippen LogP contribution in [-0.4, -0.2) is 50.7 Å². The van der Waals surface area contributed by atoms with Crippen molar-refractivity contribution in [1.29, 1.82) is 0 Å². The molecule has 2 rings (SSSR count). The number of carbonyl (C=O) groups is 2. The van der Waals surface area contributed by atoms with Crippen molar-refractivity contribution in [3.63, 3.8) is 0 Å². The smallest absolute Gasteiger partial charge is 0.330 e. The monoisotopic (exact) mass is 687 g/mol. The number of H-pyrrole nitrogens is 1. The van der Waals surface area contributed by atoms with E-state index >= 15 is 0 Å². The van der Waals surface area contributed by atoms with Crippen molar-refractivity contribution in [2.45, 2.75) is 162 Å². The average molecular weight is 687 g/mol. The molecular weight excluding hydrogens is 620 g/mol. The van der Waals surface area contributed by atoms with Gasteiger partial charge >= 0.3 is 11.9 Å². The van der Waals surface area contributed by atoms with Crippen LogP contribution in [-0.2, 0) is 25.6 Å². The van der Waals surface area contributed by atoms with Gasteiger partial charge in [0, 0.05) is 18.5 Å². The molecule has 3 atom stereocenters. The molecule has 0 saturated carbocycles. The highest BCUT2D eigenvalue weighted by Crippen LogP contribution is 2.16. The van der Waals surface area contributed by atoms with Crippen molar-refractivity contribution in [2.75, 3.05) is 18.9 Å². The third-order valence-corrected chi connectivity index (χ3v) is 9.45. The zero-order chi connectivity index (χ0) is 35.7. The molecule has 2 unspecified atom stereocenters. The number of esters is 2. The third-order valence-electron chi connectivity index (χ3n) is 9.45. The number of rotatable bonds is 29. The molecule has 0 aliphatic rings. The van der Waals surface area contributed by atoms with Gasteiger partial charge in [-0.2, -0.15) is 4.98 Å². The van der Waals surface area contributed by atoms with E-state index < -0.39 is 23.5 Å². The van der Waals surface area contributed by atoms with Gasteiger partial charge in [0.15, 0.2) is 11.2 Å². The van der Waals surface area contributed by atoms with E-state index in [-0.39, 0.29) is 36.5 Å². The predicted octanol–water partition coefficient (Wildman–Crippen LogP) is 7.77. The molecule has 278 valence electrons. The number of fused-ring (bicyclic) bond motifs is 1. The minimum Gasteiger partial charge on any atom is -0.464 e. The van der Waals surface area contributed by atoms with Crippen LogP contribution < -0.4 is 17.0 Å². The molecule has 2 heterocycles. The molecule has 0 aromatic carbocycles. The predicted molar refractivity (Wildman–Crippen MR) is 198 cm³/mol. The van der Waals surface area contributed by atoms with Crippen LogP contribution in [0.15, 0.2) is 23.3 Å². The lowest BCUT2D eigenvalue weighted by atomic mass is 10.0. The van der Waals surface area contributed by atoms with E-state index in [0.29, 0.717) is 18.6 Å². The van der Waals surface area contributed by atoms with Gasteiger partial charge in [-0.15, -0.1) is 0 Å². The summed E-state index contributed by atoms with van der Waals surface area (Å²) in [6.07, 6.45) is 29.7. The zero-order valence-electron chi connectivity index (χ0n) is 30.8. The van der Waals surface area contributed by atoms with Crippen LogP contribution in [0.5, 0.6) is 0 Å². The number of allylic oxidation sites excluding steroid dienone is 1. The third kappa shape index (κ3) is 17.8. The topological polar surface area (TPSA) is 168 Å². The number of carbonyl (C=O) groups excluding carboxylic acids is 2. The summed E-state index contributed by atoms with van der Waals surface area (Å²) < 4.78 is 12.8. The molecular formula is C38H66N6O5. The normalized spacial score (nSPS) is 13.6. The molecule has 49 heavy (non-hydrogen) atoms. The average Bonchev–Trinajstić information content (AvgIpc) is 3.50. The van der Waals surface area contributed by atoms with E-state index in [9.17, 15) is 14.4 Å². The molecule has 0 spiro atoms. The summed E-state index contributed by atoms with van der Waals surface area (Å²) in [6, 6.07) is -0.720. The number of hydrogen-bond acceptors (Lipinski definition) is 9. The molecule has 0 aliphatic heterocycles. The fourth-order valence-corrected chi connectivity index (χ4v) is 5.87. The van der Waals surface area contributed by atoms with E-state index in [0.717, 1.165) is 19.3 Å². The number of ether oxygens (including phenoxy) is 2. The Labute approximate surface area is 294 Å². The fourth-order valence-electron chi connectivity index (χ4n) is 5.87. The molecule has 0 radical (unpaired) electrons. The Morgan fingerprint density at radius 2 is 1.43 bits per heavy atom. The summed E-state index contributed by atoms with van der Waals surface area (Å²) in [5.41, 5.74) is 11.9. The summed E-state index contributed by atoms with van der Waals surface area (Å²) in [6.45, 7) is 6.66. The maximum atomic E-state index is 12.5. The summed E-state index contributed by atoms with van der Waals surface area (Å²) in [7, 11) is 0. The van der Waals surface area contributed by atoms with Gasteiger partial charge in [-0.25, -0.2) is 9.78 Å². The van der Waals surface area contributed by atoms with Gasteiger partial charge in [0.1, 0.15) is 6.04 Å². The molecule has 5 N–H and O–H groups in total. The van der Waals surface area contributed by atoms with Crippen LogP contribution in [0.1, 0.15) is 149 Å². The van der Waals surface area contributed by atoms with Crippen molar-refractivity contribution < 1.29 is 19.1 Å². The highest BCUT2D eigenvalue weighted by atomic mass is 16.5. The van der Waals surface area contributed by atoms with Gasteiger partial charge in [-0.05, 0) is 25.2 Å². The van der Waals surface area contributed by atoms with Gasteiger partial charge in [0.25, 0.3) is 5.56 Å². The Kier molecular flexibility index (Phi) is 22.0. The number of nitrogens with one attached hydrogen (secondary N) is 1. The SMILES string of the molecule is CCCCCCCCCCCCCCCCCCC/C=C/C(=O)OCC(CCn1cnc2c(=O)[nH]c(N)nc21)COC(=O)[C@@H](N)C(C)CC. The number of nitrogens with two attached hydrogens (primary N) is 2. The Bertz CT molecular complexity index is 1280. The van der Waals surface area contributed by atoms with Crippen molar-refractivity contribution in [1.82, 2.24) is 19.5 Å². The number of imidazole rings is 1. The molecule has 11 heteroatoms. The van der Waals surface area contributed by atoms with Crippen molar-refractivity contribution in [2.24, 2.45) is 17.6 Å². The van der Waals surface area contributed by atoms with Gasteiger partial charge in [0.2, 0.25) is 5.95 Å². The lowest BCUT2D eigenvalue weighted by molar-refractivity contribution is -0.149. The molecule has 0 fully saturated rings. The van der Waals surface area contributed by atoms with Gasteiger partial charge in [0.05, 0.1) is 19.5 Å². The lowest BCUT2D eigenvalue weighted by Gasteiger charge is -2.20. The second-order valence-electron chi connectivity index (χ2n) is 13.7. The first-order valence-corrected chi connectivity index (χ1v) is 19.2. The van der Waals surface area contributed by atoms with Gasteiger partial charge in [-0.1, -0.05) is 136 Å². The Morgan fingerprint density at radius 3 is 2.00 bits per heavy atom. The first-order chi connectivity index (χ1) is 23.8. The van der Waals surface area contributed by atoms with E-state index in [4.69, 9.17) is 20.9 Å². The zero-order valence-corrected chi connectivity index (χ0v) is 30.8. The number of anilines is 1. The number of aryl methyl sites for hydroxylation is 1. The Balaban J connectivity index is 1.63. The van der Waals surface area contributed by atoms with Crippen molar-refractivity contribution in [3.8, 4) is 0 Å². The molecule has 2 aromatic rings. The van der Waals surface area contributed by atoms with E-state index in [1.165, 1.54) is 115 Å². The van der Waals surface area contributed by atoms with Crippen LogP contribution in [0.25, 0.3) is 11.2 Å². The van der Waals surface area contributed by atoms with Crippen LogP contribution >= 0.6 is 0 Å². The quantitative estimate of drug-likeness (QED) is 0.0440. The number of nitrogens with zero attached hydrogens (tertiary/aromatic N) is 3. The highest BCUT2D eigenvalue weighted by molar-refractivity contribution is 5.81. The number of hydrogen-bond donors (Lipinski definition) is 3. The first kappa shape index (κ1) is 42.0. The maximum absolute atomic E-state index is 12.5. The van der Waals surface area contributed by atoms with Gasteiger partial charge in [-0.3, -0.25) is 14.6 Å². The summed E-state index contributed by atoms with van der Waals surface area (Å²) in [5, 5.41) is 0. The molecule has 2 aromatic heterocycles. The highest BCUT2D eigenvalue weighted by Gasteiger charge is 2.23. The van der Waals surface area contributed by atoms with Crippen LogP contribution in [0.3, 0.4) is 0 Å². The van der Waals surface area contributed by atoms with Crippen molar-refractivity contribution >= 4 is 29.1 Å². The molecule has 0 amide bonds. The van der Waals surface area contributed by atoms with E-state index in [1.807, 2.05) is 19.9 Å². The second-order valence-corrected chi connectivity index (χ2v) is 13.7. The molecule has 0 saturated heterocycles. The summed E-state index contributed by atoms with van der Waals surface area (Å²) in [4.78, 5) is 47.9. The van der Waals surface area contributed by atoms with Crippen molar-refractivity contribution in [3.05, 3.63) is 28.8 Å². The van der Waals surface area contributed by atoms with E-state index in [1.54, 1.807) is 4.57 Å². The number of unbranched alkanes of at least 4 members (excludes halogenated alkanes) is 17. The Hall–Kier alpha value is -3.21. The lowest BCUT2D eigenvalue weighted by Crippen LogP contribution is -2.39. The molecule has 0 bridgehead atoms. The standard InChI is InChI=1S/C38H66N6O5/c1-4-6-7-8-9-10-11-12-13-14-15-16-17-18-19-20-21-22-23-24-32(45)48-27-31(28-49-37(47)33(39)30(3)5-2)25-26-44-29-41-34-35(44)42-38(40)43-36(34)46/h23-24,29-31,33H,4-22,25-28,39H2,1-3H3,(H3,40,42,43,46)/b24-23+/t30?,31?,33-/m0/s1. The fraction of sp³-hybridized carbons (Fsp3) is 0.763. The first-order valence-electron chi connectivity index (χ1n) is 19.2. The van der Waals surface area contributed by atoms with Crippen LogP contribution in [0.4, 0.5) is 5.95 Å². The summed E-state index contributed by atoms with van der Waals surface area (Å²) in [5.74, 6) is -1.21. The largest absolute Gasteiger partial charge is 0.464 e. The van der Waals surface area contributed by atoms with Crippen LogP contribution in [0, 0.1) is 11.8 Å². The summed E-state index contributed by atoms with van der Waals surface area (Å²) >= 11 is 0. The number of aromatic nitrogens is 4. The number of aromatic amines is 1. The van der Waals surface area contributed by atoms with Gasteiger partial charge < -0.3 is 25.5 Å². The second kappa shape index (κ2) is 25.7. The number of nitrogen functional groups attached to an aromatic ring is 1. The minimum atomic E-state index is -0.720. The van der Waals surface area contributed by atoms with E-state index in [2.05, 4.69) is 21.9 Å². The van der Waals surface area contributed by atoms with Crippen LogP contribution in [0.2, 0.25) is 0 Å². The molecule has 0 aliphatic carbocycles. The minimum absolute atomic E-state index is 0.000656. The molecule has 11 nitrogen and oxygen atoms in total.